The molecule has 1 aromatic rings. The molecule has 1 saturated heterocycles. The zero-order valence-corrected chi connectivity index (χ0v) is 14.3. The molecular formula is C12H23N2O9P. The van der Waals surface area contributed by atoms with Crippen molar-refractivity contribution in [1.29, 1.82) is 0 Å². The third-order valence-corrected chi connectivity index (χ3v) is 3.03. The van der Waals surface area contributed by atoms with Gasteiger partial charge in [0.25, 0.3) is 5.56 Å². The molecule has 24 heavy (non-hydrogen) atoms. The van der Waals surface area contributed by atoms with E-state index < -0.39 is 37.7 Å². The van der Waals surface area contributed by atoms with Crippen molar-refractivity contribution in [2.45, 2.75) is 32.3 Å². The van der Waals surface area contributed by atoms with E-state index in [1.54, 1.807) is 6.92 Å². The standard InChI is InChI=1S/C9H13N2O7P.C2H6O.CH4O/c12-6-3-4-11(9(13)10-6)7-1-2-8(18-7)17-5-19(14,15)16;1-2-3;1-2/h3-4,7-8H,1-2,5H2,(H,10,12,13)(H2,14,15,16);3H,2H2,1H3;2H,1H3/t7-,8+;;/m1../s1. The molecule has 0 saturated carbocycles. The maximum absolute atomic E-state index is 11.5. The number of aliphatic hydroxyl groups is 2. The Bertz CT molecular complexity index is 623. The van der Waals surface area contributed by atoms with E-state index in [0.29, 0.717) is 12.8 Å². The fourth-order valence-corrected chi connectivity index (χ4v) is 2.11. The summed E-state index contributed by atoms with van der Waals surface area (Å²) in [5, 5.41) is 14.6. The lowest BCUT2D eigenvalue weighted by Crippen LogP contribution is -2.31. The van der Waals surface area contributed by atoms with Crippen LogP contribution in [0.3, 0.4) is 0 Å². The van der Waals surface area contributed by atoms with Crippen LogP contribution >= 0.6 is 7.60 Å². The van der Waals surface area contributed by atoms with E-state index in [2.05, 4.69) is 4.98 Å². The number of aromatic amines is 1. The second-order valence-corrected chi connectivity index (χ2v) is 5.98. The van der Waals surface area contributed by atoms with Gasteiger partial charge in [0.15, 0.2) is 12.6 Å². The second-order valence-electron chi connectivity index (χ2n) is 4.39. The first-order chi connectivity index (χ1) is 11.3. The summed E-state index contributed by atoms with van der Waals surface area (Å²) in [4.78, 5) is 41.9. The van der Waals surface area contributed by atoms with Crippen LogP contribution in [-0.2, 0) is 14.0 Å². The number of nitrogens with one attached hydrogen (secondary N) is 1. The molecule has 1 aliphatic rings. The Labute approximate surface area is 137 Å². The minimum Gasteiger partial charge on any atom is -0.400 e. The van der Waals surface area contributed by atoms with E-state index in [9.17, 15) is 14.2 Å². The Morgan fingerprint density at radius 3 is 2.46 bits per heavy atom. The lowest BCUT2D eigenvalue weighted by molar-refractivity contribution is -0.142. The van der Waals surface area contributed by atoms with Gasteiger partial charge in [0.1, 0.15) is 6.23 Å². The van der Waals surface area contributed by atoms with E-state index in [1.165, 1.54) is 16.8 Å². The minimum atomic E-state index is -4.24. The number of hydrogen-bond donors (Lipinski definition) is 5. The van der Waals surface area contributed by atoms with E-state index in [4.69, 9.17) is 29.5 Å². The Balaban J connectivity index is 0.000000952. The average molecular weight is 370 g/mol. The molecule has 2 heterocycles. The molecule has 0 bridgehead atoms. The molecule has 12 heteroatoms. The largest absolute Gasteiger partial charge is 0.400 e. The zero-order valence-electron chi connectivity index (χ0n) is 13.4. The summed E-state index contributed by atoms with van der Waals surface area (Å²) in [6.07, 6.45) is 0.0124. The van der Waals surface area contributed by atoms with Crippen molar-refractivity contribution in [3.63, 3.8) is 0 Å². The lowest BCUT2D eigenvalue weighted by Gasteiger charge is -2.16. The van der Waals surface area contributed by atoms with Crippen molar-refractivity contribution in [2.75, 3.05) is 20.1 Å². The molecule has 2 atom stereocenters. The van der Waals surface area contributed by atoms with Crippen molar-refractivity contribution >= 4 is 7.60 Å². The van der Waals surface area contributed by atoms with Crippen molar-refractivity contribution in [3.8, 4) is 0 Å². The van der Waals surface area contributed by atoms with Crippen LogP contribution in [0.1, 0.15) is 26.0 Å². The number of H-pyrrole nitrogens is 1. The molecule has 0 unspecified atom stereocenters. The van der Waals surface area contributed by atoms with E-state index >= 15 is 0 Å². The molecule has 0 aliphatic carbocycles. The van der Waals surface area contributed by atoms with Gasteiger partial charge in [0, 0.05) is 32.4 Å². The molecule has 0 aromatic carbocycles. The number of hydrogen-bond acceptors (Lipinski definition) is 7. The van der Waals surface area contributed by atoms with Gasteiger partial charge >= 0.3 is 13.3 Å². The molecule has 2 rings (SSSR count). The summed E-state index contributed by atoms with van der Waals surface area (Å²) in [5.74, 6) is 0. The van der Waals surface area contributed by atoms with Crippen LogP contribution in [0.15, 0.2) is 21.9 Å². The molecule has 0 radical (unpaired) electrons. The van der Waals surface area contributed by atoms with Crippen molar-refractivity contribution in [1.82, 2.24) is 9.55 Å². The maximum Gasteiger partial charge on any atom is 0.351 e. The minimum absolute atomic E-state index is 0.250. The van der Waals surface area contributed by atoms with Crippen molar-refractivity contribution in [3.05, 3.63) is 33.1 Å². The summed E-state index contributed by atoms with van der Waals surface area (Å²) in [6.45, 7) is 1.93. The van der Waals surface area contributed by atoms with Crippen LogP contribution in [0.4, 0.5) is 0 Å². The fraction of sp³-hybridized carbons (Fsp3) is 0.667. The van der Waals surface area contributed by atoms with Crippen LogP contribution in [-0.4, -0.2) is 55.9 Å². The summed E-state index contributed by atoms with van der Waals surface area (Å²) >= 11 is 0. The SMILES string of the molecule is CCO.CO.O=c1ccn([C@H]2CC[C@@H](OCP(=O)(O)O)O2)c(=O)[nH]1. The van der Waals surface area contributed by atoms with Crippen LogP contribution in [0.25, 0.3) is 0 Å². The zero-order chi connectivity index (χ0) is 18.8. The highest BCUT2D eigenvalue weighted by atomic mass is 31.2. The van der Waals surface area contributed by atoms with Gasteiger partial charge in [-0.3, -0.25) is 18.9 Å². The third kappa shape index (κ3) is 8.50. The predicted octanol–water partition coefficient (Wildman–Crippen LogP) is -1.07. The van der Waals surface area contributed by atoms with Gasteiger partial charge in [-0.2, -0.15) is 0 Å². The predicted molar refractivity (Wildman–Crippen MR) is 83.4 cm³/mol. The first-order valence-electron chi connectivity index (χ1n) is 6.95. The number of aromatic nitrogens is 2. The Morgan fingerprint density at radius 2 is 1.96 bits per heavy atom. The van der Waals surface area contributed by atoms with E-state index in [0.717, 1.165) is 7.11 Å². The van der Waals surface area contributed by atoms with Gasteiger partial charge in [0.2, 0.25) is 0 Å². The highest BCUT2D eigenvalue weighted by Crippen LogP contribution is 2.36. The molecule has 1 aliphatic heterocycles. The molecule has 5 N–H and O–H groups in total. The topological polar surface area (TPSA) is 171 Å². The van der Waals surface area contributed by atoms with Crippen molar-refractivity contribution < 1.29 is 34.0 Å². The summed E-state index contributed by atoms with van der Waals surface area (Å²) < 4.78 is 22.1. The van der Waals surface area contributed by atoms with E-state index in [-0.39, 0.29) is 6.61 Å². The Morgan fingerprint density at radius 1 is 1.38 bits per heavy atom. The lowest BCUT2D eigenvalue weighted by atomic mass is 10.3. The molecule has 140 valence electrons. The highest BCUT2D eigenvalue weighted by Gasteiger charge is 2.29. The van der Waals surface area contributed by atoms with E-state index in [1.807, 2.05) is 0 Å². The summed E-state index contributed by atoms with van der Waals surface area (Å²) in [6, 6.07) is 1.19. The normalized spacial score (nSPS) is 19.8. The van der Waals surface area contributed by atoms with Crippen LogP contribution in [0, 0.1) is 0 Å². The average Bonchev–Trinajstić information content (AvgIpc) is 2.96. The van der Waals surface area contributed by atoms with Crippen LogP contribution in [0.5, 0.6) is 0 Å². The first kappa shape index (κ1) is 22.7. The smallest absolute Gasteiger partial charge is 0.351 e. The molecule has 11 nitrogen and oxygen atoms in total. The molecule has 1 aromatic heterocycles. The number of aliphatic hydroxyl groups excluding tert-OH is 2. The number of rotatable bonds is 4. The van der Waals surface area contributed by atoms with Gasteiger partial charge in [0.05, 0.1) is 0 Å². The van der Waals surface area contributed by atoms with Gasteiger partial charge in [-0.05, 0) is 13.3 Å². The number of ether oxygens (including phenoxy) is 2. The molecule has 0 spiro atoms. The summed E-state index contributed by atoms with van der Waals surface area (Å²) in [7, 11) is -3.24. The number of nitrogens with zero attached hydrogens (tertiary/aromatic N) is 1. The van der Waals surface area contributed by atoms with Gasteiger partial charge in [-0.25, -0.2) is 4.79 Å². The maximum atomic E-state index is 11.5. The highest BCUT2D eigenvalue weighted by molar-refractivity contribution is 7.51. The summed E-state index contributed by atoms with van der Waals surface area (Å²) in [5.41, 5.74) is -1.11. The molecular weight excluding hydrogens is 347 g/mol. The van der Waals surface area contributed by atoms with Gasteiger partial charge in [-0.1, -0.05) is 0 Å². The fourth-order valence-electron chi connectivity index (χ4n) is 1.75. The third-order valence-electron chi connectivity index (χ3n) is 2.55. The van der Waals surface area contributed by atoms with Crippen LogP contribution in [0.2, 0.25) is 0 Å². The van der Waals surface area contributed by atoms with Gasteiger partial charge < -0.3 is 29.5 Å². The van der Waals surface area contributed by atoms with Crippen LogP contribution < -0.4 is 11.2 Å². The first-order valence-corrected chi connectivity index (χ1v) is 8.75. The molecule has 1 fully saturated rings. The van der Waals surface area contributed by atoms with Gasteiger partial charge in [-0.15, -0.1) is 0 Å². The Kier molecular flexibility index (Phi) is 10.6. The van der Waals surface area contributed by atoms with Crippen molar-refractivity contribution in [2.24, 2.45) is 0 Å². The Hall–Kier alpha value is -1.33. The quantitative estimate of drug-likeness (QED) is 0.414. The molecule has 0 amide bonds. The monoisotopic (exact) mass is 370 g/mol. The second kappa shape index (κ2) is 11.3.